The number of ketones is 2. The summed E-state index contributed by atoms with van der Waals surface area (Å²) >= 11 is 0. The number of aliphatic hydroxyl groups is 3. The average Bonchev–Trinajstić information content (AvgIpc) is 2.64. The number of hydrogen-bond acceptors (Lipinski definition) is 8. The SMILES string of the molecule is CN(C)[C@@H]1C(=O)C(C(N)=O)=C(O)C2(O)C(=O)C3=C(O)c4c(O)cccc4CC3CC12. The summed E-state index contributed by atoms with van der Waals surface area (Å²) in [6.07, 6.45) is 0.379. The molecule has 0 heterocycles. The Morgan fingerprint density at radius 3 is 2.47 bits per heavy atom. The summed E-state index contributed by atoms with van der Waals surface area (Å²) in [5.74, 6) is -6.43. The second kappa shape index (κ2) is 6.41. The molecule has 1 saturated carbocycles. The van der Waals surface area contributed by atoms with Crippen LogP contribution in [0.3, 0.4) is 0 Å². The lowest BCUT2D eigenvalue weighted by Crippen LogP contribution is -2.65. The Bertz CT molecular complexity index is 1070. The van der Waals surface area contributed by atoms with Gasteiger partial charge in [0.05, 0.1) is 11.6 Å². The van der Waals surface area contributed by atoms with Crippen LogP contribution in [0.15, 0.2) is 35.1 Å². The van der Waals surface area contributed by atoms with Gasteiger partial charge in [-0.2, -0.15) is 0 Å². The van der Waals surface area contributed by atoms with Gasteiger partial charge in [0.1, 0.15) is 22.8 Å². The van der Waals surface area contributed by atoms with Crippen molar-refractivity contribution in [2.75, 3.05) is 14.1 Å². The number of nitrogens with two attached hydrogens (primary N) is 1. The van der Waals surface area contributed by atoms with E-state index in [0.717, 1.165) is 0 Å². The van der Waals surface area contributed by atoms with Crippen LogP contribution >= 0.6 is 0 Å². The molecule has 30 heavy (non-hydrogen) atoms. The van der Waals surface area contributed by atoms with E-state index < -0.39 is 58.0 Å². The number of nitrogens with zero attached hydrogens (tertiary/aromatic N) is 1. The van der Waals surface area contributed by atoms with Crippen molar-refractivity contribution in [2.24, 2.45) is 17.6 Å². The number of phenolic OH excluding ortho intramolecular Hbond substituents is 1. The Balaban J connectivity index is 1.98. The molecular formula is C21H22N2O7. The van der Waals surface area contributed by atoms with Gasteiger partial charge >= 0.3 is 0 Å². The van der Waals surface area contributed by atoms with E-state index in [1.165, 1.54) is 11.0 Å². The first kappa shape index (κ1) is 20.1. The highest BCUT2D eigenvalue weighted by molar-refractivity contribution is 6.24. The van der Waals surface area contributed by atoms with E-state index in [2.05, 4.69) is 0 Å². The fourth-order valence-electron chi connectivity index (χ4n) is 5.18. The molecule has 158 valence electrons. The number of amides is 1. The summed E-state index contributed by atoms with van der Waals surface area (Å²) in [6.45, 7) is 0. The average molecular weight is 414 g/mol. The van der Waals surface area contributed by atoms with Crippen molar-refractivity contribution in [3.05, 3.63) is 46.2 Å². The number of fused-ring (bicyclic) bond motifs is 3. The molecule has 1 aromatic rings. The van der Waals surface area contributed by atoms with E-state index in [1.54, 1.807) is 26.2 Å². The molecule has 9 heteroatoms. The van der Waals surface area contributed by atoms with E-state index in [4.69, 9.17) is 5.73 Å². The summed E-state index contributed by atoms with van der Waals surface area (Å²) in [5.41, 5.74) is 2.41. The van der Waals surface area contributed by atoms with Crippen molar-refractivity contribution in [2.45, 2.75) is 24.5 Å². The molecule has 4 atom stereocenters. The van der Waals surface area contributed by atoms with E-state index in [9.17, 15) is 34.8 Å². The molecule has 6 N–H and O–H groups in total. The molecule has 4 rings (SSSR count). The highest BCUT2D eigenvalue weighted by atomic mass is 16.3. The molecular weight excluding hydrogens is 392 g/mol. The number of aromatic hydroxyl groups is 1. The second-order valence-electron chi connectivity index (χ2n) is 8.27. The lowest BCUT2D eigenvalue weighted by atomic mass is 9.57. The zero-order valence-electron chi connectivity index (χ0n) is 16.4. The van der Waals surface area contributed by atoms with E-state index in [-0.39, 0.29) is 23.3 Å². The fraction of sp³-hybridized carbons (Fsp3) is 0.381. The number of likely N-dealkylation sites (N-methyl/N-ethyl adjacent to an activating group) is 1. The van der Waals surface area contributed by atoms with Crippen LogP contribution in [-0.2, 0) is 20.8 Å². The second-order valence-corrected chi connectivity index (χ2v) is 8.27. The van der Waals surface area contributed by atoms with Crippen molar-refractivity contribution in [1.29, 1.82) is 0 Å². The van der Waals surface area contributed by atoms with Crippen LogP contribution in [0.2, 0.25) is 0 Å². The van der Waals surface area contributed by atoms with Gasteiger partial charge in [-0.3, -0.25) is 19.3 Å². The maximum absolute atomic E-state index is 13.5. The molecule has 0 spiro atoms. The molecule has 3 unspecified atom stereocenters. The maximum atomic E-state index is 13.5. The van der Waals surface area contributed by atoms with Gasteiger partial charge in [0, 0.05) is 11.5 Å². The first-order chi connectivity index (χ1) is 14.0. The molecule has 3 aliphatic carbocycles. The number of hydrogen-bond donors (Lipinski definition) is 5. The quantitative estimate of drug-likeness (QED) is 0.421. The molecule has 3 aliphatic rings. The van der Waals surface area contributed by atoms with Gasteiger partial charge in [-0.25, -0.2) is 0 Å². The Morgan fingerprint density at radius 2 is 1.87 bits per heavy atom. The summed E-state index contributed by atoms with van der Waals surface area (Å²) in [4.78, 5) is 39.7. The van der Waals surface area contributed by atoms with Crippen LogP contribution in [0.25, 0.3) is 5.76 Å². The fourth-order valence-corrected chi connectivity index (χ4v) is 5.18. The molecule has 0 radical (unpaired) electrons. The molecule has 1 aromatic carbocycles. The Labute approximate surface area is 171 Å². The Hall–Kier alpha value is -3.17. The molecule has 1 amide bonds. The molecule has 1 fully saturated rings. The third kappa shape index (κ3) is 2.39. The monoisotopic (exact) mass is 414 g/mol. The lowest BCUT2D eigenvalue weighted by molar-refractivity contribution is -0.153. The van der Waals surface area contributed by atoms with Crippen molar-refractivity contribution in [1.82, 2.24) is 4.90 Å². The standard InChI is InChI=1S/C21H22N2O7/c1-23(2)15-10-7-9-6-8-4-3-5-11(24)12(8)16(25)13(9)18(27)21(10,30)19(28)14(17(15)26)20(22)29/h3-5,9-10,15,24-25,28,30H,6-7H2,1-2H3,(H2,22,29)/t9?,10?,15-,21?/m0/s1. The van der Waals surface area contributed by atoms with Gasteiger partial charge in [0.25, 0.3) is 5.91 Å². The number of aliphatic hydroxyl groups excluding tert-OH is 2. The van der Waals surface area contributed by atoms with E-state index >= 15 is 0 Å². The van der Waals surface area contributed by atoms with E-state index in [1.807, 2.05) is 0 Å². The minimum Gasteiger partial charge on any atom is -0.508 e. The number of carbonyl (C=O) groups excluding carboxylic acids is 3. The van der Waals surface area contributed by atoms with Crippen LogP contribution in [0.4, 0.5) is 0 Å². The van der Waals surface area contributed by atoms with Gasteiger partial charge < -0.3 is 26.2 Å². The first-order valence-corrected chi connectivity index (χ1v) is 9.47. The normalized spacial score (nSPS) is 30.9. The predicted molar refractivity (Wildman–Crippen MR) is 104 cm³/mol. The molecule has 0 bridgehead atoms. The smallest absolute Gasteiger partial charge is 0.255 e. The van der Waals surface area contributed by atoms with Gasteiger partial charge in [0.15, 0.2) is 11.4 Å². The summed E-state index contributed by atoms with van der Waals surface area (Å²) < 4.78 is 0. The minimum absolute atomic E-state index is 0.0847. The molecule has 0 aliphatic heterocycles. The highest BCUT2D eigenvalue weighted by Gasteiger charge is 2.64. The van der Waals surface area contributed by atoms with Gasteiger partial charge in [-0.1, -0.05) is 12.1 Å². The number of rotatable bonds is 2. The zero-order chi connectivity index (χ0) is 22.1. The zero-order valence-corrected chi connectivity index (χ0v) is 16.4. The molecule has 0 saturated heterocycles. The van der Waals surface area contributed by atoms with E-state index in [0.29, 0.717) is 12.0 Å². The van der Waals surface area contributed by atoms with Crippen molar-refractivity contribution in [3.8, 4) is 5.75 Å². The summed E-state index contributed by atoms with van der Waals surface area (Å²) in [6, 6.07) is 3.62. The van der Waals surface area contributed by atoms with Crippen molar-refractivity contribution >= 4 is 23.2 Å². The topological polar surface area (TPSA) is 161 Å². The third-order valence-corrected chi connectivity index (χ3v) is 6.46. The Morgan fingerprint density at radius 1 is 1.20 bits per heavy atom. The first-order valence-electron chi connectivity index (χ1n) is 9.47. The molecule has 0 aromatic heterocycles. The minimum atomic E-state index is -2.60. The number of benzene rings is 1. The predicted octanol–water partition coefficient (Wildman–Crippen LogP) is -0.0360. The van der Waals surface area contributed by atoms with Crippen LogP contribution in [0, 0.1) is 11.8 Å². The highest BCUT2D eigenvalue weighted by Crippen LogP contribution is 2.52. The van der Waals surface area contributed by atoms with Gasteiger partial charge in [-0.15, -0.1) is 0 Å². The van der Waals surface area contributed by atoms with Crippen LogP contribution < -0.4 is 5.73 Å². The van der Waals surface area contributed by atoms with Crippen molar-refractivity contribution < 1.29 is 34.8 Å². The summed E-state index contributed by atoms with van der Waals surface area (Å²) in [5, 5.41) is 43.1. The largest absolute Gasteiger partial charge is 0.508 e. The van der Waals surface area contributed by atoms with Gasteiger partial charge in [0.2, 0.25) is 5.78 Å². The maximum Gasteiger partial charge on any atom is 0.255 e. The summed E-state index contributed by atoms with van der Waals surface area (Å²) in [7, 11) is 3.12. The third-order valence-electron chi connectivity index (χ3n) is 6.46. The van der Waals surface area contributed by atoms with Crippen LogP contribution in [0.5, 0.6) is 5.75 Å². The van der Waals surface area contributed by atoms with Gasteiger partial charge in [-0.05, 0) is 44.5 Å². The Kier molecular flexibility index (Phi) is 4.30. The lowest BCUT2D eigenvalue weighted by Gasteiger charge is -2.50. The molecule has 9 nitrogen and oxygen atoms in total. The number of Topliss-reactive ketones (excluding diaryl/α,β-unsaturated/α-hetero) is 2. The number of carbonyl (C=O) groups is 3. The van der Waals surface area contributed by atoms with Crippen LogP contribution in [0.1, 0.15) is 17.5 Å². The van der Waals surface area contributed by atoms with Crippen LogP contribution in [-0.4, -0.2) is 68.5 Å². The van der Waals surface area contributed by atoms with Crippen molar-refractivity contribution in [3.63, 3.8) is 0 Å². The number of phenols is 1. The number of primary amides is 1.